The van der Waals surface area contributed by atoms with E-state index in [9.17, 15) is 23.1 Å². The molecule has 2 amide bonds. The van der Waals surface area contributed by atoms with Crippen molar-refractivity contribution >= 4 is 44.2 Å². The number of aliphatic hydroxyl groups excluding tert-OH is 1. The first-order chi connectivity index (χ1) is 15.2. The quantitative estimate of drug-likeness (QED) is 0.679. The highest BCUT2D eigenvalue weighted by molar-refractivity contribution is 7.89. The van der Waals surface area contributed by atoms with E-state index >= 15 is 0 Å². The number of hydrogen-bond acceptors (Lipinski definition) is 5. The molecule has 2 atom stereocenters. The zero-order chi connectivity index (χ0) is 23.0. The summed E-state index contributed by atoms with van der Waals surface area (Å²) in [4.78, 5) is 28.9. The maximum absolute atomic E-state index is 12.9. The Morgan fingerprint density at radius 2 is 1.75 bits per heavy atom. The number of benzene rings is 2. The minimum atomic E-state index is -3.93. The largest absolute Gasteiger partial charge is 0.393 e. The van der Waals surface area contributed by atoms with Gasteiger partial charge in [-0.25, -0.2) is 8.42 Å². The Balaban J connectivity index is 1.44. The molecule has 2 heterocycles. The molecule has 2 fully saturated rings. The molecule has 0 spiro atoms. The molecule has 2 aromatic carbocycles. The number of amides is 2. The molecular weight excluding hydrogens is 454 g/mol. The van der Waals surface area contributed by atoms with E-state index in [4.69, 9.17) is 11.6 Å². The van der Waals surface area contributed by atoms with E-state index in [1.807, 2.05) is 0 Å². The SMILES string of the molecule is C[C@@H](C(=O)N1CCC(O)CC1)N1CC[C@H](NS(=O)(=O)c2ccc3cc(Cl)ccc3c2)C1=O. The summed E-state index contributed by atoms with van der Waals surface area (Å²) < 4.78 is 28.4. The van der Waals surface area contributed by atoms with Gasteiger partial charge in [0, 0.05) is 24.7 Å². The standard InChI is InChI=1S/C22H26ClN3O5S/c1-14(21(28)25-9-6-18(27)7-10-25)26-11-8-20(22(26)29)24-32(30,31)19-5-3-15-12-17(23)4-2-16(15)13-19/h2-5,12-14,18,20,24,27H,6-11H2,1H3/t14-,20-/m0/s1. The van der Waals surface area contributed by atoms with Crippen molar-refractivity contribution in [3.63, 3.8) is 0 Å². The predicted molar refractivity (Wildman–Crippen MR) is 121 cm³/mol. The number of sulfonamides is 1. The van der Waals surface area contributed by atoms with Gasteiger partial charge in [0.1, 0.15) is 12.1 Å². The average Bonchev–Trinajstić information content (AvgIpc) is 3.12. The Kier molecular flexibility index (Phi) is 6.44. The highest BCUT2D eigenvalue weighted by Crippen LogP contribution is 2.24. The smallest absolute Gasteiger partial charge is 0.245 e. The molecule has 2 aliphatic rings. The summed E-state index contributed by atoms with van der Waals surface area (Å²) >= 11 is 5.98. The zero-order valence-electron chi connectivity index (χ0n) is 17.7. The van der Waals surface area contributed by atoms with Gasteiger partial charge in [0.25, 0.3) is 0 Å². The molecule has 10 heteroatoms. The molecule has 32 heavy (non-hydrogen) atoms. The molecule has 0 aromatic heterocycles. The molecule has 0 saturated carbocycles. The highest BCUT2D eigenvalue weighted by Gasteiger charge is 2.40. The minimum absolute atomic E-state index is 0.0644. The Hall–Kier alpha value is -2.20. The highest BCUT2D eigenvalue weighted by atomic mass is 35.5. The minimum Gasteiger partial charge on any atom is -0.393 e. The number of carbonyl (C=O) groups excluding carboxylic acids is 2. The summed E-state index contributed by atoms with van der Waals surface area (Å²) in [7, 11) is -3.93. The van der Waals surface area contributed by atoms with Crippen molar-refractivity contribution in [1.82, 2.24) is 14.5 Å². The van der Waals surface area contributed by atoms with Crippen LogP contribution in [0.3, 0.4) is 0 Å². The van der Waals surface area contributed by atoms with Crippen LogP contribution in [0.5, 0.6) is 0 Å². The van der Waals surface area contributed by atoms with E-state index in [0.717, 1.165) is 10.8 Å². The van der Waals surface area contributed by atoms with Gasteiger partial charge in [-0.15, -0.1) is 0 Å². The molecule has 0 radical (unpaired) electrons. The van der Waals surface area contributed by atoms with E-state index in [1.165, 1.54) is 11.0 Å². The molecule has 2 N–H and O–H groups in total. The number of halogens is 1. The van der Waals surface area contributed by atoms with Gasteiger partial charge >= 0.3 is 0 Å². The average molecular weight is 480 g/mol. The van der Waals surface area contributed by atoms with Crippen LogP contribution in [0, 0.1) is 0 Å². The van der Waals surface area contributed by atoms with Crippen molar-refractivity contribution in [1.29, 1.82) is 0 Å². The second kappa shape index (κ2) is 8.97. The lowest BCUT2D eigenvalue weighted by Gasteiger charge is -2.34. The second-order valence-corrected chi connectivity index (χ2v) is 10.5. The van der Waals surface area contributed by atoms with Gasteiger partial charge in [-0.1, -0.05) is 23.7 Å². The summed E-state index contributed by atoms with van der Waals surface area (Å²) in [6, 6.07) is 8.28. The maximum Gasteiger partial charge on any atom is 0.245 e. The van der Waals surface area contributed by atoms with Gasteiger partial charge in [-0.2, -0.15) is 4.72 Å². The molecule has 2 aromatic rings. The monoisotopic (exact) mass is 479 g/mol. The van der Waals surface area contributed by atoms with Crippen molar-refractivity contribution in [2.24, 2.45) is 0 Å². The van der Waals surface area contributed by atoms with Crippen molar-refractivity contribution in [3.8, 4) is 0 Å². The fraction of sp³-hybridized carbons (Fsp3) is 0.455. The lowest BCUT2D eigenvalue weighted by Crippen LogP contribution is -2.52. The van der Waals surface area contributed by atoms with Gasteiger partial charge in [0.15, 0.2) is 0 Å². The van der Waals surface area contributed by atoms with Crippen LogP contribution in [0.2, 0.25) is 5.02 Å². The first kappa shape index (κ1) is 23.0. The number of rotatable bonds is 5. The van der Waals surface area contributed by atoms with E-state index < -0.39 is 34.1 Å². The number of hydrogen-bond donors (Lipinski definition) is 2. The van der Waals surface area contributed by atoms with Crippen LogP contribution >= 0.6 is 11.6 Å². The Bertz CT molecular complexity index is 1150. The number of nitrogens with zero attached hydrogens (tertiary/aromatic N) is 2. The van der Waals surface area contributed by atoms with E-state index in [-0.39, 0.29) is 17.2 Å². The van der Waals surface area contributed by atoms with E-state index in [1.54, 1.807) is 42.2 Å². The number of fused-ring (bicyclic) bond motifs is 1. The lowest BCUT2D eigenvalue weighted by atomic mass is 10.1. The van der Waals surface area contributed by atoms with Crippen LogP contribution in [0.15, 0.2) is 41.3 Å². The number of likely N-dealkylation sites (tertiary alicyclic amines) is 2. The van der Waals surface area contributed by atoms with Crippen molar-refractivity contribution in [3.05, 3.63) is 41.4 Å². The van der Waals surface area contributed by atoms with Crippen molar-refractivity contribution in [2.45, 2.75) is 49.3 Å². The first-order valence-corrected chi connectivity index (χ1v) is 12.5. The van der Waals surface area contributed by atoms with Crippen LogP contribution in [0.1, 0.15) is 26.2 Å². The van der Waals surface area contributed by atoms with Crippen molar-refractivity contribution in [2.75, 3.05) is 19.6 Å². The van der Waals surface area contributed by atoms with Crippen LogP contribution in [0.4, 0.5) is 0 Å². The van der Waals surface area contributed by atoms with Crippen LogP contribution in [-0.2, 0) is 19.6 Å². The van der Waals surface area contributed by atoms with Crippen LogP contribution < -0.4 is 4.72 Å². The van der Waals surface area contributed by atoms with Gasteiger partial charge in [0.05, 0.1) is 11.0 Å². The predicted octanol–water partition coefficient (Wildman–Crippen LogP) is 1.74. The maximum atomic E-state index is 12.9. The Labute approximate surface area is 192 Å². The third-order valence-corrected chi connectivity index (χ3v) is 7.93. The van der Waals surface area contributed by atoms with Gasteiger partial charge in [-0.3, -0.25) is 9.59 Å². The second-order valence-electron chi connectivity index (χ2n) is 8.38. The number of carbonyl (C=O) groups is 2. The van der Waals surface area contributed by atoms with Gasteiger partial charge in [-0.05, 0) is 61.2 Å². The van der Waals surface area contributed by atoms with Crippen LogP contribution in [-0.4, -0.2) is 73.0 Å². The third-order valence-electron chi connectivity index (χ3n) is 6.22. The molecular formula is C22H26ClN3O5S. The number of piperidine rings is 1. The molecule has 8 nitrogen and oxygen atoms in total. The van der Waals surface area contributed by atoms with Gasteiger partial charge in [0.2, 0.25) is 21.8 Å². The molecule has 0 aliphatic carbocycles. The first-order valence-electron chi connectivity index (χ1n) is 10.6. The Morgan fingerprint density at radius 3 is 2.47 bits per heavy atom. The molecule has 0 unspecified atom stereocenters. The van der Waals surface area contributed by atoms with E-state index in [2.05, 4.69) is 4.72 Å². The van der Waals surface area contributed by atoms with Crippen LogP contribution in [0.25, 0.3) is 10.8 Å². The molecule has 4 rings (SSSR count). The topological polar surface area (TPSA) is 107 Å². The summed E-state index contributed by atoms with van der Waals surface area (Å²) in [6.07, 6.45) is 0.936. The van der Waals surface area contributed by atoms with Gasteiger partial charge < -0.3 is 14.9 Å². The summed E-state index contributed by atoms with van der Waals surface area (Å²) in [5.41, 5.74) is 0. The Morgan fingerprint density at radius 1 is 1.09 bits per heavy atom. The fourth-order valence-corrected chi connectivity index (χ4v) is 5.74. The summed E-state index contributed by atoms with van der Waals surface area (Å²) in [5.74, 6) is -0.582. The molecule has 172 valence electrons. The third kappa shape index (κ3) is 4.61. The number of aliphatic hydroxyl groups is 1. The van der Waals surface area contributed by atoms with E-state index in [0.29, 0.717) is 37.5 Å². The molecule has 2 saturated heterocycles. The molecule has 0 bridgehead atoms. The zero-order valence-corrected chi connectivity index (χ0v) is 19.3. The molecule has 2 aliphatic heterocycles. The fourth-order valence-electron chi connectivity index (χ4n) is 4.30. The van der Waals surface area contributed by atoms with Crippen molar-refractivity contribution < 1.29 is 23.1 Å². The summed E-state index contributed by atoms with van der Waals surface area (Å²) in [5, 5.41) is 11.7. The lowest BCUT2D eigenvalue weighted by molar-refractivity contribution is -0.144. The normalized spacial score (nSPS) is 21.3. The number of nitrogens with one attached hydrogen (secondary N) is 1. The summed E-state index contributed by atoms with van der Waals surface area (Å²) in [6.45, 7) is 2.87.